The van der Waals surface area contributed by atoms with Gasteiger partial charge in [0.2, 0.25) is 0 Å². The molecule has 5 aromatic rings. The molecule has 6 rings (SSSR count). The van der Waals surface area contributed by atoms with Gasteiger partial charge in [0.1, 0.15) is 18.2 Å². The van der Waals surface area contributed by atoms with Gasteiger partial charge in [0.05, 0.1) is 11.9 Å². The molecule has 0 N–H and O–H groups in total. The van der Waals surface area contributed by atoms with Crippen LogP contribution in [0.15, 0.2) is 79.0 Å². The Balaban J connectivity index is 1.43. The normalized spacial score (nSPS) is 15.1. The molecule has 1 aliphatic rings. The van der Waals surface area contributed by atoms with E-state index in [9.17, 15) is 4.39 Å². The molecular formula is C30H25ClFN3O. The highest BCUT2D eigenvalue weighted by atomic mass is 35.5. The first-order chi connectivity index (χ1) is 17.5. The van der Waals surface area contributed by atoms with Gasteiger partial charge in [0, 0.05) is 27.4 Å². The van der Waals surface area contributed by atoms with Gasteiger partial charge in [-0.15, -0.1) is 0 Å². The summed E-state index contributed by atoms with van der Waals surface area (Å²) >= 11 is 6.13. The Hall–Kier alpha value is -3.70. The third kappa shape index (κ3) is 4.35. The van der Waals surface area contributed by atoms with Crippen LogP contribution in [-0.2, 0) is 19.4 Å². The maximum atomic E-state index is 13.2. The number of hydrogen-bond donors (Lipinski definition) is 0. The summed E-state index contributed by atoms with van der Waals surface area (Å²) in [5.74, 6) is 1.08. The fourth-order valence-corrected chi connectivity index (χ4v) is 5.07. The molecule has 0 spiro atoms. The first-order valence-corrected chi connectivity index (χ1v) is 12.6. The number of hydrogen-bond acceptors (Lipinski definition) is 3. The van der Waals surface area contributed by atoms with Crippen LogP contribution in [0, 0.1) is 11.7 Å². The maximum absolute atomic E-state index is 13.2. The van der Waals surface area contributed by atoms with Crippen LogP contribution in [0.25, 0.3) is 28.0 Å². The minimum absolute atomic E-state index is 0.251. The molecule has 2 aromatic heterocycles. The van der Waals surface area contributed by atoms with Gasteiger partial charge < -0.3 is 4.74 Å². The Kier molecular flexibility index (Phi) is 5.94. The quantitative estimate of drug-likeness (QED) is 0.251. The number of aryl methyl sites for hydroxylation is 1. The SMILES string of the molecule is C[C@@H]1CCc2c(c(-c3cccc(OCc4ccc(F)cc4)c3)nc3c(-c4ccc(Cl)cc4)cnn23)C1. The molecule has 6 heteroatoms. The fourth-order valence-electron chi connectivity index (χ4n) is 4.94. The lowest BCUT2D eigenvalue weighted by Gasteiger charge is -2.24. The van der Waals surface area contributed by atoms with Crippen molar-refractivity contribution in [3.8, 4) is 28.1 Å². The summed E-state index contributed by atoms with van der Waals surface area (Å²) in [5, 5.41) is 5.45. The summed E-state index contributed by atoms with van der Waals surface area (Å²) in [6.07, 6.45) is 4.95. The minimum Gasteiger partial charge on any atom is -0.489 e. The molecule has 180 valence electrons. The molecule has 2 heterocycles. The summed E-state index contributed by atoms with van der Waals surface area (Å²) in [5.41, 5.74) is 8.26. The number of nitrogens with zero attached hydrogens (tertiary/aromatic N) is 3. The van der Waals surface area contributed by atoms with Gasteiger partial charge in [0.25, 0.3) is 0 Å². The predicted octanol–water partition coefficient (Wildman–Crippen LogP) is 7.56. The van der Waals surface area contributed by atoms with Gasteiger partial charge in [-0.05, 0) is 72.7 Å². The lowest BCUT2D eigenvalue weighted by Crippen LogP contribution is -2.18. The van der Waals surface area contributed by atoms with E-state index in [0.717, 1.165) is 58.6 Å². The summed E-state index contributed by atoms with van der Waals surface area (Å²) in [6, 6.07) is 22.2. The monoisotopic (exact) mass is 497 g/mol. The van der Waals surface area contributed by atoms with Crippen LogP contribution in [-0.4, -0.2) is 14.6 Å². The van der Waals surface area contributed by atoms with Gasteiger partial charge in [-0.1, -0.05) is 54.9 Å². The standard InChI is InChI=1S/C30H25ClFN3O/c1-19-5-14-28-26(15-19)29(34-30-27(17-33-35(28)30)21-8-10-23(31)11-9-21)22-3-2-4-25(16-22)36-18-20-6-12-24(32)13-7-20/h2-4,6-13,16-17,19H,5,14-15,18H2,1H3/t19-/m1/s1. The van der Waals surface area contributed by atoms with Crippen molar-refractivity contribution in [2.45, 2.75) is 32.8 Å². The maximum Gasteiger partial charge on any atom is 0.163 e. The molecule has 0 fully saturated rings. The van der Waals surface area contributed by atoms with E-state index in [0.29, 0.717) is 17.5 Å². The van der Waals surface area contributed by atoms with E-state index in [-0.39, 0.29) is 5.82 Å². The van der Waals surface area contributed by atoms with Gasteiger partial charge in [-0.2, -0.15) is 5.10 Å². The number of ether oxygens (including phenoxy) is 1. The van der Waals surface area contributed by atoms with Crippen molar-refractivity contribution in [1.82, 2.24) is 14.6 Å². The number of benzene rings is 3. The molecule has 0 aliphatic heterocycles. The van der Waals surface area contributed by atoms with E-state index in [4.69, 9.17) is 26.4 Å². The Bertz CT molecular complexity index is 1540. The largest absolute Gasteiger partial charge is 0.489 e. The van der Waals surface area contributed by atoms with Crippen molar-refractivity contribution in [3.05, 3.63) is 107 Å². The molecule has 3 aromatic carbocycles. The van der Waals surface area contributed by atoms with Crippen molar-refractivity contribution in [2.75, 3.05) is 0 Å². The number of fused-ring (bicyclic) bond motifs is 3. The van der Waals surface area contributed by atoms with Crippen molar-refractivity contribution < 1.29 is 9.13 Å². The Morgan fingerprint density at radius 2 is 1.83 bits per heavy atom. The summed E-state index contributed by atoms with van der Waals surface area (Å²) in [6.45, 7) is 2.66. The van der Waals surface area contributed by atoms with Crippen molar-refractivity contribution in [2.24, 2.45) is 5.92 Å². The predicted molar refractivity (Wildman–Crippen MR) is 141 cm³/mol. The van der Waals surface area contributed by atoms with Gasteiger partial charge in [-0.3, -0.25) is 0 Å². The molecule has 0 radical (unpaired) electrons. The van der Waals surface area contributed by atoms with Crippen molar-refractivity contribution in [3.63, 3.8) is 0 Å². The average molecular weight is 498 g/mol. The van der Waals surface area contributed by atoms with Crippen LogP contribution in [0.4, 0.5) is 4.39 Å². The van der Waals surface area contributed by atoms with Gasteiger partial charge >= 0.3 is 0 Å². The molecule has 0 saturated carbocycles. The Morgan fingerprint density at radius 3 is 2.64 bits per heavy atom. The van der Waals surface area contributed by atoms with Gasteiger partial charge in [0.15, 0.2) is 5.65 Å². The van der Waals surface area contributed by atoms with E-state index in [1.165, 1.54) is 23.4 Å². The van der Waals surface area contributed by atoms with Crippen LogP contribution < -0.4 is 4.74 Å². The Labute approximate surface area is 214 Å². The van der Waals surface area contributed by atoms with E-state index < -0.39 is 0 Å². The van der Waals surface area contributed by atoms with E-state index in [1.54, 1.807) is 12.1 Å². The molecule has 1 atom stereocenters. The molecule has 0 saturated heterocycles. The van der Waals surface area contributed by atoms with Crippen LogP contribution in [0.5, 0.6) is 5.75 Å². The third-order valence-electron chi connectivity index (χ3n) is 6.86. The Morgan fingerprint density at radius 1 is 1.03 bits per heavy atom. The highest BCUT2D eigenvalue weighted by molar-refractivity contribution is 6.30. The van der Waals surface area contributed by atoms with Crippen LogP contribution in [0.1, 0.15) is 30.2 Å². The van der Waals surface area contributed by atoms with E-state index >= 15 is 0 Å². The lowest BCUT2D eigenvalue weighted by molar-refractivity contribution is 0.306. The number of aromatic nitrogens is 3. The summed E-state index contributed by atoms with van der Waals surface area (Å²) in [7, 11) is 0. The topological polar surface area (TPSA) is 39.4 Å². The third-order valence-corrected chi connectivity index (χ3v) is 7.11. The molecule has 0 unspecified atom stereocenters. The summed E-state index contributed by atoms with van der Waals surface area (Å²) < 4.78 is 21.3. The molecule has 1 aliphatic carbocycles. The zero-order chi connectivity index (χ0) is 24.6. The molecule has 4 nitrogen and oxygen atoms in total. The van der Waals surface area contributed by atoms with Crippen molar-refractivity contribution in [1.29, 1.82) is 0 Å². The smallest absolute Gasteiger partial charge is 0.163 e. The molecule has 36 heavy (non-hydrogen) atoms. The van der Waals surface area contributed by atoms with E-state index in [2.05, 4.69) is 13.0 Å². The van der Waals surface area contributed by atoms with Crippen LogP contribution >= 0.6 is 11.6 Å². The van der Waals surface area contributed by atoms with Gasteiger partial charge in [-0.25, -0.2) is 13.9 Å². The number of halogens is 2. The fraction of sp³-hybridized carbons (Fsp3) is 0.200. The van der Waals surface area contributed by atoms with Crippen LogP contribution in [0.3, 0.4) is 0 Å². The van der Waals surface area contributed by atoms with Crippen LogP contribution in [0.2, 0.25) is 5.02 Å². The molecule has 0 bridgehead atoms. The van der Waals surface area contributed by atoms with Crippen molar-refractivity contribution >= 4 is 17.2 Å². The zero-order valence-corrected chi connectivity index (χ0v) is 20.7. The second-order valence-corrected chi connectivity index (χ2v) is 9.91. The minimum atomic E-state index is -0.251. The van der Waals surface area contributed by atoms with E-state index in [1.807, 2.05) is 53.2 Å². The first-order valence-electron chi connectivity index (χ1n) is 12.2. The molecular weight excluding hydrogens is 473 g/mol. The lowest BCUT2D eigenvalue weighted by atomic mass is 9.85. The first kappa shape index (κ1) is 22.7. The second kappa shape index (κ2) is 9.40. The molecule has 0 amide bonds. The average Bonchev–Trinajstić information content (AvgIpc) is 3.32. The number of rotatable bonds is 5. The highest BCUT2D eigenvalue weighted by Gasteiger charge is 2.25. The zero-order valence-electron chi connectivity index (χ0n) is 19.9. The highest BCUT2D eigenvalue weighted by Crippen LogP contribution is 2.36. The summed E-state index contributed by atoms with van der Waals surface area (Å²) in [4.78, 5) is 5.19. The second-order valence-electron chi connectivity index (χ2n) is 9.48.